The van der Waals surface area contributed by atoms with Gasteiger partial charge in [-0.2, -0.15) is 0 Å². The van der Waals surface area contributed by atoms with E-state index in [1.165, 1.54) is 0 Å². The normalized spacial score (nSPS) is 23.4. The third-order valence-corrected chi connectivity index (χ3v) is 5.65. The van der Waals surface area contributed by atoms with E-state index in [2.05, 4.69) is 10.3 Å². The van der Waals surface area contributed by atoms with Crippen molar-refractivity contribution >= 4 is 39.4 Å². The van der Waals surface area contributed by atoms with Crippen molar-refractivity contribution in [2.24, 2.45) is 0 Å². The summed E-state index contributed by atoms with van der Waals surface area (Å²) in [5.74, 6) is 0. The first-order valence-electron chi connectivity index (χ1n) is 8.31. The Hall–Kier alpha value is -2.35. The number of anilines is 1. The first kappa shape index (κ1) is 16.1. The number of urea groups is 1. The number of likely N-dealkylation sites (N-methyl/N-ethyl adjacent to an activating group) is 1. The molecule has 7 nitrogen and oxygen atoms in total. The summed E-state index contributed by atoms with van der Waals surface area (Å²) in [6.07, 6.45) is 1.30. The van der Waals surface area contributed by atoms with E-state index in [-0.39, 0.29) is 12.1 Å². The molecule has 2 aliphatic rings. The Morgan fingerprint density at radius 2 is 2.24 bits per heavy atom. The molecule has 1 atom stereocenters. The summed E-state index contributed by atoms with van der Waals surface area (Å²) in [5.41, 5.74) is 1.12. The van der Waals surface area contributed by atoms with E-state index in [1.54, 1.807) is 28.2 Å². The predicted molar refractivity (Wildman–Crippen MR) is 96.0 cm³/mol. The number of thiazole rings is 1. The smallest absolute Gasteiger partial charge is 0.410 e. The number of fused-ring (bicyclic) bond motifs is 1. The number of ether oxygens (including phenoxy) is 1. The van der Waals surface area contributed by atoms with Crippen LogP contribution in [0.1, 0.15) is 17.8 Å². The van der Waals surface area contributed by atoms with Crippen LogP contribution in [0.25, 0.3) is 10.2 Å². The molecule has 2 fully saturated rings. The molecule has 1 N–H and O–H groups in total. The second kappa shape index (κ2) is 5.87. The number of nitrogens with one attached hydrogen (secondary N) is 1. The molecule has 132 valence electrons. The standard InChI is InChI=1S/C17H20N4O3S/c1-11-18-13-5-4-12(8-14(13)25-11)19-15(22)21-7-3-6-17(10-21)9-20(2)16(23)24-17/h4-5,8H,3,6-7,9-10H2,1-2H3,(H,19,22)/t17-/m0/s1. The zero-order valence-electron chi connectivity index (χ0n) is 14.2. The fourth-order valence-electron chi connectivity index (χ4n) is 3.60. The minimum atomic E-state index is -0.569. The highest BCUT2D eigenvalue weighted by Crippen LogP contribution is 2.32. The molecule has 3 heterocycles. The molecule has 1 spiro atoms. The van der Waals surface area contributed by atoms with Gasteiger partial charge in [-0.25, -0.2) is 14.6 Å². The van der Waals surface area contributed by atoms with Gasteiger partial charge in [0.1, 0.15) is 5.60 Å². The molecule has 1 aromatic carbocycles. The minimum Gasteiger partial charge on any atom is -0.439 e. The summed E-state index contributed by atoms with van der Waals surface area (Å²) in [6.45, 7) is 3.59. The maximum atomic E-state index is 12.7. The molecule has 4 rings (SSSR count). The number of aryl methyl sites for hydroxylation is 1. The SMILES string of the molecule is Cc1nc2ccc(NC(=O)N3CCC[C@]4(CN(C)C(=O)O4)C3)cc2s1. The molecule has 2 saturated heterocycles. The molecule has 1 aromatic heterocycles. The van der Waals surface area contributed by atoms with Crippen LogP contribution in [0.4, 0.5) is 15.3 Å². The summed E-state index contributed by atoms with van der Waals surface area (Å²) in [7, 11) is 1.72. The van der Waals surface area contributed by atoms with Crippen LogP contribution in [0.15, 0.2) is 18.2 Å². The highest BCUT2D eigenvalue weighted by Gasteiger charge is 2.47. The largest absolute Gasteiger partial charge is 0.439 e. The van der Waals surface area contributed by atoms with Gasteiger partial charge in [0.2, 0.25) is 0 Å². The Kier molecular flexibility index (Phi) is 3.79. The van der Waals surface area contributed by atoms with Crippen LogP contribution in [0.3, 0.4) is 0 Å². The van der Waals surface area contributed by atoms with Crippen molar-refractivity contribution in [3.05, 3.63) is 23.2 Å². The van der Waals surface area contributed by atoms with E-state index in [0.29, 0.717) is 19.6 Å². The highest BCUT2D eigenvalue weighted by molar-refractivity contribution is 7.18. The Labute approximate surface area is 149 Å². The minimum absolute atomic E-state index is 0.162. The number of piperidine rings is 1. The number of amides is 3. The van der Waals surface area contributed by atoms with Crippen LogP contribution in [0, 0.1) is 6.92 Å². The van der Waals surface area contributed by atoms with Gasteiger partial charge in [0.05, 0.1) is 28.3 Å². The molecule has 0 unspecified atom stereocenters. The molecule has 0 aliphatic carbocycles. The fourth-order valence-corrected chi connectivity index (χ4v) is 4.46. The van der Waals surface area contributed by atoms with Gasteiger partial charge in [0.25, 0.3) is 0 Å². The third-order valence-electron chi connectivity index (χ3n) is 4.71. The lowest BCUT2D eigenvalue weighted by Gasteiger charge is -2.38. The lowest BCUT2D eigenvalue weighted by Crippen LogP contribution is -2.53. The summed E-state index contributed by atoms with van der Waals surface area (Å²) in [6, 6.07) is 5.56. The maximum absolute atomic E-state index is 12.7. The van der Waals surface area contributed by atoms with E-state index in [0.717, 1.165) is 33.8 Å². The van der Waals surface area contributed by atoms with E-state index in [4.69, 9.17) is 4.74 Å². The van der Waals surface area contributed by atoms with Gasteiger partial charge in [0.15, 0.2) is 0 Å². The molecule has 2 aliphatic heterocycles. The number of carbonyl (C=O) groups excluding carboxylic acids is 2. The maximum Gasteiger partial charge on any atom is 0.410 e. The molecule has 3 amide bonds. The van der Waals surface area contributed by atoms with Crippen molar-refractivity contribution in [1.82, 2.24) is 14.8 Å². The van der Waals surface area contributed by atoms with Crippen molar-refractivity contribution < 1.29 is 14.3 Å². The number of rotatable bonds is 1. The van der Waals surface area contributed by atoms with Gasteiger partial charge in [-0.15, -0.1) is 11.3 Å². The predicted octanol–water partition coefficient (Wildman–Crippen LogP) is 3.05. The summed E-state index contributed by atoms with van der Waals surface area (Å²) < 4.78 is 6.60. The Balaban J connectivity index is 1.47. The second-order valence-electron chi connectivity index (χ2n) is 6.78. The van der Waals surface area contributed by atoms with Crippen molar-refractivity contribution in [2.75, 3.05) is 32.0 Å². The highest BCUT2D eigenvalue weighted by atomic mass is 32.1. The quantitative estimate of drug-likeness (QED) is 0.848. The van der Waals surface area contributed by atoms with Crippen LogP contribution in [-0.4, -0.2) is 59.2 Å². The van der Waals surface area contributed by atoms with E-state index in [1.807, 2.05) is 25.1 Å². The summed E-state index contributed by atoms with van der Waals surface area (Å²) in [4.78, 5) is 32.1. The van der Waals surface area contributed by atoms with Crippen molar-refractivity contribution in [3.8, 4) is 0 Å². The van der Waals surface area contributed by atoms with E-state index in [9.17, 15) is 9.59 Å². The summed E-state index contributed by atoms with van der Waals surface area (Å²) >= 11 is 1.61. The van der Waals surface area contributed by atoms with Gasteiger partial charge in [0, 0.05) is 19.3 Å². The number of carbonyl (C=O) groups is 2. The van der Waals surface area contributed by atoms with Crippen molar-refractivity contribution in [3.63, 3.8) is 0 Å². The zero-order chi connectivity index (χ0) is 17.6. The molecular weight excluding hydrogens is 340 g/mol. The first-order valence-corrected chi connectivity index (χ1v) is 9.13. The van der Waals surface area contributed by atoms with Crippen LogP contribution < -0.4 is 5.32 Å². The van der Waals surface area contributed by atoms with E-state index >= 15 is 0 Å². The number of nitrogens with zero attached hydrogens (tertiary/aromatic N) is 3. The number of aromatic nitrogens is 1. The molecule has 0 saturated carbocycles. The zero-order valence-corrected chi connectivity index (χ0v) is 15.1. The molecule has 0 radical (unpaired) electrons. The number of benzene rings is 1. The second-order valence-corrected chi connectivity index (χ2v) is 8.01. The molecular formula is C17H20N4O3S. The van der Waals surface area contributed by atoms with E-state index < -0.39 is 5.60 Å². The topological polar surface area (TPSA) is 74.8 Å². The Morgan fingerprint density at radius 3 is 3.00 bits per heavy atom. The van der Waals surface area contributed by atoms with Crippen LogP contribution in [0.2, 0.25) is 0 Å². The molecule has 25 heavy (non-hydrogen) atoms. The number of hydrogen-bond donors (Lipinski definition) is 1. The van der Waals surface area contributed by atoms with Crippen LogP contribution in [0.5, 0.6) is 0 Å². The van der Waals surface area contributed by atoms with Gasteiger partial charge in [-0.3, -0.25) is 0 Å². The Morgan fingerprint density at radius 1 is 1.40 bits per heavy atom. The average molecular weight is 360 g/mol. The fraction of sp³-hybridized carbons (Fsp3) is 0.471. The van der Waals surface area contributed by atoms with Gasteiger partial charge < -0.3 is 19.9 Å². The third kappa shape index (κ3) is 3.02. The first-order chi connectivity index (χ1) is 11.9. The lowest BCUT2D eigenvalue weighted by molar-refractivity contribution is 0.00497. The van der Waals surface area contributed by atoms with Gasteiger partial charge in [-0.05, 0) is 38.0 Å². The lowest BCUT2D eigenvalue weighted by atomic mass is 9.93. The van der Waals surface area contributed by atoms with Crippen LogP contribution >= 0.6 is 11.3 Å². The van der Waals surface area contributed by atoms with Crippen molar-refractivity contribution in [2.45, 2.75) is 25.4 Å². The number of hydrogen-bond acceptors (Lipinski definition) is 5. The summed E-state index contributed by atoms with van der Waals surface area (Å²) in [5, 5.41) is 3.96. The van der Waals surface area contributed by atoms with Gasteiger partial charge >= 0.3 is 12.1 Å². The number of likely N-dealkylation sites (tertiary alicyclic amines) is 1. The molecule has 0 bridgehead atoms. The molecule has 8 heteroatoms. The Bertz CT molecular complexity index is 852. The van der Waals surface area contributed by atoms with Crippen molar-refractivity contribution in [1.29, 1.82) is 0 Å². The van der Waals surface area contributed by atoms with Crippen LogP contribution in [-0.2, 0) is 4.74 Å². The molecule has 2 aromatic rings. The monoisotopic (exact) mass is 360 g/mol. The van der Waals surface area contributed by atoms with Gasteiger partial charge in [-0.1, -0.05) is 0 Å². The average Bonchev–Trinajstić information content (AvgIpc) is 3.05.